The van der Waals surface area contributed by atoms with Gasteiger partial charge >= 0.3 is 0 Å². The summed E-state index contributed by atoms with van der Waals surface area (Å²) in [5.41, 5.74) is -1.03. The van der Waals surface area contributed by atoms with Crippen LogP contribution in [-0.2, 0) is 0 Å². The van der Waals surface area contributed by atoms with E-state index in [-0.39, 0.29) is 30.3 Å². The predicted octanol–water partition coefficient (Wildman–Crippen LogP) is 0.897. The Bertz CT molecular complexity index is 590. The number of carbonyl (C=O) groups is 1. The second-order valence-electron chi connectivity index (χ2n) is 5.50. The molecule has 1 amide bonds. The molecule has 0 radical (unpaired) electrons. The first-order chi connectivity index (χ1) is 9.40. The maximum absolute atomic E-state index is 12.1. The molecule has 1 aromatic rings. The van der Waals surface area contributed by atoms with E-state index in [9.17, 15) is 25.1 Å². The topological polar surface area (TPSA) is 104 Å². The maximum Gasteiger partial charge on any atom is 0.273 e. The third-order valence-electron chi connectivity index (χ3n) is 3.98. The number of hydrogen-bond donors (Lipinski definition) is 2. The molecule has 7 heteroatoms. The Morgan fingerprint density at radius 1 is 1.40 bits per heavy atom. The van der Waals surface area contributed by atoms with E-state index in [0.717, 1.165) is 18.9 Å². The normalized spacial score (nSPS) is 20.4. The molecule has 0 bridgehead atoms. The minimum atomic E-state index is -0.786. The van der Waals surface area contributed by atoms with Crippen LogP contribution in [0.15, 0.2) is 18.2 Å². The molecule has 7 nitrogen and oxygen atoms in total. The molecular weight excluding hydrogens is 264 g/mol. The molecule has 2 N–H and O–H groups in total. The van der Waals surface area contributed by atoms with Gasteiger partial charge in [0.15, 0.2) is 0 Å². The molecule has 1 aliphatic heterocycles. The van der Waals surface area contributed by atoms with Gasteiger partial charge in [0.05, 0.1) is 29.6 Å². The summed E-state index contributed by atoms with van der Waals surface area (Å²) in [5, 5.41) is 30.4. The number of nitro benzene ring substituents is 1. The number of nitro groups is 1. The van der Waals surface area contributed by atoms with Crippen LogP contribution in [0.5, 0.6) is 5.75 Å². The van der Waals surface area contributed by atoms with Crippen LogP contribution in [-0.4, -0.2) is 44.6 Å². The zero-order valence-corrected chi connectivity index (χ0v) is 10.7. The number of aromatic hydroxyl groups is 1. The van der Waals surface area contributed by atoms with Gasteiger partial charge in [-0.05, 0) is 24.8 Å². The van der Waals surface area contributed by atoms with Crippen molar-refractivity contribution in [1.82, 2.24) is 4.90 Å². The highest BCUT2D eigenvalue weighted by atomic mass is 16.6. The van der Waals surface area contributed by atoms with Crippen molar-refractivity contribution in [2.45, 2.75) is 18.4 Å². The smallest absolute Gasteiger partial charge is 0.273 e. The summed E-state index contributed by atoms with van der Waals surface area (Å²) in [7, 11) is 0. The number of phenols is 1. The Kier molecular flexibility index (Phi) is 2.68. The van der Waals surface area contributed by atoms with Gasteiger partial charge in [0.2, 0.25) is 0 Å². The van der Waals surface area contributed by atoms with E-state index in [0.29, 0.717) is 0 Å². The van der Waals surface area contributed by atoms with Crippen molar-refractivity contribution in [3.05, 3.63) is 33.9 Å². The van der Waals surface area contributed by atoms with Crippen molar-refractivity contribution in [2.75, 3.05) is 13.1 Å². The van der Waals surface area contributed by atoms with Crippen LogP contribution in [0.1, 0.15) is 23.2 Å². The Hall–Kier alpha value is -2.15. The Balaban J connectivity index is 1.73. The lowest BCUT2D eigenvalue weighted by molar-refractivity contribution is -0.384. The van der Waals surface area contributed by atoms with Gasteiger partial charge in [-0.25, -0.2) is 0 Å². The highest BCUT2D eigenvalue weighted by Crippen LogP contribution is 2.45. The first-order valence-corrected chi connectivity index (χ1v) is 6.40. The molecule has 1 aliphatic carbocycles. The summed E-state index contributed by atoms with van der Waals surface area (Å²) in [6.07, 6.45) is 1.97. The lowest BCUT2D eigenvalue weighted by atomic mass is 9.88. The monoisotopic (exact) mass is 278 g/mol. The Labute approximate surface area is 114 Å². The van der Waals surface area contributed by atoms with Crippen LogP contribution in [0.25, 0.3) is 0 Å². The minimum Gasteiger partial charge on any atom is -0.507 e. The van der Waals surface area contributed by atoms with Crippen LogP contribution in [0.4, 0.5) is 5.69 Å². The van der Waals surface area contributed by atoms with Gasteiger partial charge in [-0.1, -0.05) is 0 Å². The molecule has 1 saturated carbocycles. The minimum absolute atomic E-state index is 0.0217. The highest BCUT2D eigenvalue weighted by molar-refractivity contribution is 5.97. The molecule has 1 aromatic carbocycles. The highest BCUT2D eigenvalue weighted by Gasteiger charge is 2.53. The van der Waals surface area contributed by atoms with Crippen LogP contribution in [0.3, 0.4) is 0 Å². The molecular formula is C13H14N2O5. The first-order valence-electron chi connectivity index (χ1n) is 6.40. The summed E-state index contributed by atoms with van der Waals surface area (Å²) in [4.78, 5) is 23.5. The lowest BCUT2D eigenvalue weighted by Crippen LogP contribution is -2.64. The van der Waals surface area contributed by atoms with Crippen molar-refractivity contribution >= 4 is 11.6 Å². The van der Waals surface area contributed by atoms with Crippen LogP contribution >= 0.6 is 0 Å². The molecule has 2 fully saturated rings. The fraction of sp³-hybridized carbons (Fsp3) is 0.462. The van der Waals surface area contributed by atoms with E-state index in [2.05, 4.69) is 0 Å². The third-order valence-corrected chi connectivity index (χ3v) is 3.98. The zero-order chi connectivity index (χ0) is 14.5. The molecule has 0 aromatic heterocycles. The number of rotatable bonds is 3. The van der Waals surface area contributed by atoms with Gasteiger partial charge in [-0.3, -0.25) is 14.9 Å². The molecule has 0 unspecified atom stereocenters. The van der Waals surface area contributed by atoms with Gasteiger partial charge in [0.1, 0.15) is 11.4 Å². The van der Waals surface area contributed by atoms with Crippen LogP contribution in [0, 0.1) is 16.0 Å². The fourth-order valence-corrected chi connectivity index (χ4v) is 2.62. The fourth-order valence-electron chi connectivity index (χ4n) is 2.62. The SMILES string of the molecule is O=C(c1ccc([N+](=O)[O-])cc1O)N1CC(O)(C2CC2)C1. The molecule has 0 atom stereocenters. The van der Waals surface area contributed by atoms with E-state index in [4.69, 9.17) is 0 Å². The van der Waals surface area contributed by atoms with E-state index in [1.54, 1.807) is 0 Å². The number of amides is 1. The predicted molar refractivity (Wildman–Crippen MR) is 68.3 cm³/mol. The van der Waals surface area contributed by atoms with Gasteiger partial charge < -0.3 is 15.1 Å². The third kappa shape index (κ3) is 2.00. The van der Waals surface area contributed by atoms with E-state index >= 15 is 0 Å². The summed E-state index contributed by atoms with van der Waals surface area (Å²) in [5.74, 6) is -0.550. The van der Waals surface area contributed by atoms with Gasteiger partial charge in [-0.2, -0.15) is 0 Å². The first kappa shape index (κ1) is 12.9. The number of nitrogens with zero attached hydrogens (tertiary/aromatic N) is 2. The average molecular weight is 278 g/mol. The molecule has 2 aliphatic rings. The quantitative estimate of drug-likeness (QED) is 0.631. The molecule has 1 saturated heterocycles. The van der Waals surface area contributed by atoms with Crippen LogP contribution in [0.2, 0.25) is 0 Å². The number of hydrogen-bond acceptors (Lipinski definition) is 5. The van der Waals surface area contributed by atoms with Gasteiger partial charge in [0.25, 0.3) is 11.6 Å². The standard InChI is InChI=1S/C13H14N2O5/c16-11-5-9(15(19)20)3-4-10(11)12(17)14-6-13(18,7-14)8-1-2-8/h3-5,8,16,18H,1-2,6-7H2. The Morgan fingerprint density at radius 3 is 2.55 bits per heavy atom. The van der Waals surface area contributed by atoms with E-state index in [1.165, 1.54) is 17.0 Å². The number of β-amino-alcohol motifs (C(OH)–C–C–N with tert-alkyl or cyclic N) is 1. The molecule has 106 valence electrons. The summed E-state index contributed by atoms with van der Waals surface area (Å²) < 4.78 is 0. The second kappa shape index (κ2) is 4.17. The molecule has 20 heavy (non-hydrogen) atoms. The van der Waals surface area contributed by atoms with Gasteiger partial charge in [0, 0.05) is 6.07 Å². The summed E-state index contributed by atoms with van der Waals surface area (Å²) in [6.45, 7) is 0.514. The lowest BCUT2D eigenvalue weighted by Gasteiger charge is -2.47. The number of phenolic OH excluding ortho intramolecular Hbond substituents is 1. The number of benzene rings is 1. The molecule has 3 rings (SSSR count). The largest absolute Gasteiger partial charge is 0.507 e. The maximum atomic E-state index is 12.1. The second-order valence-corrected chi connectivity index (χ2v) is 5.50. The molecule has 1 heterocycles. The Morgan fingerprint density at radius 2 is 2.05 bits per heavy atom. The van der Waals surface area contributed by atoms with E-state index in [1.807, 2.05) is 0 Å². The van der Waals surface area contributed by atoms with Gasteiger partial charge in [-0.15, -0.1) is 0 Å². The van der Waals surface area contributed by atoms with Crippen molar-refractivity contribution in [3.8, 4) is 5.75 Å². The van der Waals surface area contributed by atoms with Crippen LogP contribution < -0.4 is 0 Å². The zero-order valence-electron chi connectivity index (χ0n) is 10.7. The number of likely N-dealkylation sites (tertiary alicyclic amines) is 1. The summed E-state index contributed by atoms with van der Waals surface area (Å²) in [6, 6.07) is 3.38. The number of non-ortho nitro benzene ring substituents is 1. The van der Waals surface area contributed by atoms with Crippen molar-refractivity contribution in [2.24, 2.45) is 5.92 Å². The number of carbonyl (C=O) groups excluding carboxylic acids is 1. The number of aliphatic hydroxyl groups is 1. The van der Waals surface area contributed by atoms with Crippen molar-refractivity contribution in [1.29, 1.82) is 0 Å². The van der Waals surface area contributed by atoms with Crippen molar-refractivity contribution in [3.63, 3.8) is 0 Å². The van der Waals surface area contributed by atoms with E-state index < -0.39 is 22.2 Å². The summed E-state index contributed by atoms with van der Waals surface area (Å²) >= 11 is 0. The average Bonchev–Trinajstić information content (AvgIpc) is 3.18. The molecule has 0 spiro atoms. The van der Waals surface area contributed by atoms with Crippen molar-refractivity contribution < 1.29 is 19.9 Å².